The number of ether oxygens (including phenoxy) is 1. The number of methoxy groups -OCH3 is 1. The summed E-state index contributed by atoms with van der Waals surface area (Å²) < 4.78 is 32.5. The summed E-state index contributed by atoms with van der Waals surface area (Å²) in [6, 6.07) is 3.39. The first-order chi connectivity index (χ1) is 12.5. The summed E-state index contributed by atoms with van der Waals surface area (Å²) in [4.78, 5) is 7.31. The molecule has 2 fully saturated rings. The van der Waals surface area contributed by atoms with Gasteiger partial charge in [0.15, 0.2) is 17.4 Å². The predicted molar refractivity (Wildman–Crippen MR) is 99.4 cm³/mol. The number of piperazine rings is 1. The average Bonchev–Trinajstić information content (AvgIpc) is 2.62. The van der Waals surface area contributed by atoms with Crippen molar-refractivity contribution in [2.24, 2.45) is 5.92 Å². The van der Waals surface area contributed by atoms with Crippen LogP contribution >= 0.6 is 0 Å². The Kier molecular flexibility index (Phi) is 6.48. The highest BCUT2D eigenvalue weighted by Gasteiger charge is 2.29. The molecule has 6 heteroatoms. The fraction of sp³-hybridized carbons (Fsp3) is 0.700. The molecule has 0 radical (unpaired) electrons. The Morgan fingerprint density at radius 1 is 1.04 bits per heavy atom. The minimum Gasteiger partial charge on any atom is -0.491 e. The summed E-state index contributed by atoms with van der Waals surface area (Å²) in [6.45, 7) is 9.53. The number of benzene rings is 1. The van der Waals surface area contributed by atoms with Gasteiger partial charge < -0.3 is 9.64 Å². The SMILES string of the molecule is COc1c(F)cc(CN2CCC([C@H](C)N3CCN(C)CC3)CC2)cc1F. The molecule has 2 aliphatic heterocycles. The van der Waals surface area contributed by atoms with Crippen LogP contribution in [0.25, 0.3) is 0 Å². The largest absolute Gasteiger partial charge is 0.491 e. The smallest absolute Gasteiger partial charge is 0.190 e. The van der Waals surface area contributed by atoms with Gasteiger partial charge in [-0.3, -0.25) is 9.80 Å². The van der Waals surface area contributed by atoms with E-state index in [2.05, 4.69) is 28.7 Å². The third kappa shape index (κ3) is 4.53. The van der Waals surface area contributed by atoms with Crippen LogP contribution in [0.1, 0.15) is 25.3 Å². The quantitative estimate of drug-likeness (QED) is 0.797. The molecule has 0 aliphatic carbocycles. The van der Waals surface area contributed by atoms with E-state index in [1.807, 2.05) is 0 Å². The van der Waals surface area contributed by atoms with Gasteiger partial charge in [0.25, 0.3) is 0 Å². The molecule has 0 aromatic heterocycles. The van der Waals surface area contributed by atoms with Crippen molar-refractivity contribution in [3.8, 4) is 5.75 Å². The van der Waals surface area contributed by atoms with E-state index in [4.69, 9.17) is 4.74 Å². The Bertz CT molecular complexity index is 574. The number of likely N-dealkylation sites (N-methyl/N-ethyl adjacent to an activating group) is 1. The first-order valence-electron chi connectivity index (χ1n) is 9.64. The maximum absolute atomic E-state index is 13.9. The molecule has 3 rings (SSSR count). The van der Waals surface area contributed by atoms with Gasteiger partial charge in [-0.05, 0) is 63.5 Å². The molecule has 0 unspecified atom stereocenters. The Morgan fingerprint density at radius 2 is 1.62 bits per heavy atom. The van der Waals surface area contributed by atoms with Gasteiger partial charge in [0.05, 0.1) is 7.11 Å². The lowest BCUT2D eigenvalue weighted by atomic mass is 9.89. The minimum absolute atomic E-state index is 0.298. The highest BCUT2D eigenvalue weighted by molar-refractivity contribution is 5.31. The second kappa shape index (κ2) is 8.63. The number of nitrogens with zero attached hydrogens (tertiary/aromatic N) is 3. The summed E-state index contributed by atoms with van der Waals surface area (Å²) in [7, 11) is 3.47. The van der Waals surface area contributed by atoms with Gasteiger partial charge in [-0.25, -0.2) is 8.78 Å². The van der Waals surface area contributed by atoms with Crippen molar-refractivity contribution >= 4 is 0 Å². The number of rotatable bonds is 5. The molecule has 2 aliphatic rings. The van der Waals surface area contributed by atoms with E-state index in [9.17, 15) is 8.78 Å². The summed E-state index contributed by atoms with van der Waals surface area (Å²) in [6.07, 6.45) is 2.29. The molecule has 0 spiro atoms. The molecule has 0 N–H and O–H groups in total. The molecule has 1 atom stereocenters. The molecule has 1 aromatic rings. The summed E-state index contributed by atoms with van der Waals surface area (Å²) in [5, 5.41) is 0. The standard InChI is InChI=1S/C20H31F2N3O/c1-15(25-10-8-23(2)9-11-25)17-4-6-24(7-5-17)14-16-12-18(21)20(26-3)19(22)13-16/h12-13,15,17H,4-11,14H2,1-3H3/t15-/m0/s1. The van der Waals surface area contributed by atoms with Crippen LogP contribution in [0.5, 0.6) is 5.75 Å². The molecule has 146 valence electrons. The summed E-state index contributed by atoms with van der Waals surface area (Å²) in [5.41, 5.74) is 0.673. The van der Waals surface area contributed by atoms with Gasteiger partial charge in [-0.1, -0.05) is 0 Å². The van der Waals surface area contributed by atoms with Crippen LogP contribution < -0.4 is 4.74 Å². The first-order valence-corrected chi connectivity index (χ1v) is 9.64. The molecular weight excluding hydrogens is 336 g/mol. The van der Waals surface area contributed by atoms with Crippen LogP contribution in [0.3, 0.4) is 0 Å². The highest BCUT2D eigenvalue weighted by atomic mass is 19.1. The third-order valence-electron chi connectivity index (χ3n) is 6.10. The Balaban J connectivity index is 1.51. The van der Waals surface area contributed by atoms with Crippen LogP contribution in [0.2, 0.25) is 0 Å². The normalized spacial score (nSPS) is 22.5. The van der Waals surface area contributed by atoms with Gasteiger partial charge in [-0.2, -0.15) is 0 Å². The van der Waals surface area contributed by atoms with E-state index in [0.717, 1.165) is 52.1 Å². The lowest BCUT2D eigenvalue weighted by Gasteiger charge is -2.42. The first kappa shape index (κ1) is 19.5. The van der Waals surface area contributed by atoms with Gasteiger partial charge in [0, 0.05) is 38.8 Å². The van der Waals surface area contributed by atoms with Crippen LogP contribution in [-0.4, -0.2) is 74.2 Å². The zero-order valence-corrected chi connectivity index (χ0v) is 16.2. The molecule has 2 saturated heterocycles. The number of hydrogen-bond donors (Lipinski definition) is 0. The van der Waals surface area contributed by atoms with Gasteiger partial charge in [0.1, 0.15) is 0 Å². The Labute approximate surface area is 155 Å². The van der Waals surface area contributed by atoms with E-state index < -0.39 is 11.6 Å². The van der Waals surface area contributed by atoms with Crippen molar-refractivity contribution in [1.82, 2.24) is 14.7 Å². The fourth-order valence-corrected chi connectivity index (χ4v) is 4.28. The molecule has 0 bridgehead atoms. The monoisotopic (exact) mass is 367 g/mol. The van der Waals surface area contributed by atoms with Crippen LogP contribution in [0.4, 0.5) is 8.78 Å². The third-order valence-corrected chi connectivity index (χ3v) is 6.10. The molecular formula is C20H31F2N3O. The zero-order valence-electron chi connectivity index (χ0n) is 16.2. The number of likely N-dealkylation sites (tertiary alicyclic amines) is 1. The van der Waals surface area contributed by atoms with Crippen LogP contribution in [-0.2, 0) is 6.54 Å². The lowest BCUT2D eigenvalue weighted by molar-refractivity contribution is 0.0598. The number of halogens is 2. The molecule has 26 heavy (non-hydrogen) atoms. The van der Waals surface area contributed by atoms with Gasteiger partial charge in [0.2, 0.25) is 0 Å². The highest BCUT2D eigenvalue weighted by Crippen LogP contribution is 2.27. The predicted octanol–water partition coefficient (Wildman–Crippen LogP) is 2.82. The average molecular weight is 367 g/mol. The Hall–Kier alpha value is -1.24. The molecule has 1 aromatic carbocycles. The number of piperidine rings is 1. The maximum atomic E-state index is 13.9. The molecule has 0 amide bonds. The Morgan fingerprint density at radius 3 is 2.15 bits per heavy atom. The molecule has 2 heterocycles. The molecule has 0 saturated carbocycles. The maximum Gasteiger partial charge on any atom is 0.190 e. The van der Waals surface area contributed by atoms with Gasteiger partial charge >= 0.3 is 0 Å². The van der Waals surface area contributed by atoms with Crippen molar-refractivity contribution in [3.63, 3.8) is 0 Å². The summed E-state index contributed by atoms with van der Waals surface area (Å²) in [5.74, 6) is -0.838. The van der Waals surface area contributed by atoms with Crippen molar-refractivity contribution in [1.29, 1.82) is 0 Å². The van der Waals surface area contributed by atoms with Crippen LogP contribution in [0.15, 0.2) is 12.1 Å². The van der Waals surface area contributed by atoms with E-state index in [-0.39, 0.29) is 5.75 Å². The van der Waals surface area contributed by atoms with E-state index >= 15 is 0 Å². The topological polar surface area (TPSA) is 19.0 Å². The van der Waals surface area contributed by atoms with Crippen molar-refractivity contribution in [2.45, 2.75) is 32.4 Å². The molecule has 4 nitrogen and oxygen atoms in total. The van der Waals surface area contributed by atoms with Crippen molar-refractivity contribution < 1.29 is 13.5 Å². The summed E-state index contributed by atoms with van der Waals surface area (Å²) >= 11 is 0. The second-order valence-electron chi connectivity index (χ2n) is 7.79. The number of hydrogen-bond acceptors (Lipinski definition) is 4. The van der Waals surface area contributed by atoms with Crippen LogP contribution in [0, 0.1) is 17.6 Å². The zero-order chi connectivity index (χ0) is 18.7. The van der Waals surface area contributed by atoms with E-state index in [0.29, 0.717) is 24.1 Å². The second-order valence-corrected chi connectivity index (χ2v) is 7.79. The fourth-order valence-electron chi connectivity index (χ4n) is 4.28. The van der Waals surface area contributed by atoms with E-state index in [1.165, 1.54) is 19.2 Å². The van der Waals surface area contributed by atoms with Gasteiger partial charge in [-0.15, -0.1) is 0 Å². The van der Waals surface area contributed by atoms with Crippen molar-refractivity contribution in [2.75, 3.05) is 53.4 Å². The lowest BCUT2D eigenvalue weighted by Crippen LogP contribution is -2.51. The van der Waals surface area contributed by atoms with Crippen molar-refractivity contribution in [3.05, 3.63) is 29.3 Å². The minimum atomic E-state index is -0.624. The van der Waals surface area contributed by atoms with E-state index in [1.54, 1.807) is 0 Å².